The molecule has 0 unspecified atom stereocenters. The third-order valence-electron chi connectivity index (χ3n) is 3.68. The van der Waals surface area contributed by atoms with Crippen LogP contribution >= 0.6 is 11.6 Å². The summed E-state index contributed by atoms with van der Waals surface area (Å²) in [6, 6.07) is 13.4. The van der Waals surface area contributed by atoms with Crippen LogP contribution in [0.4, 0.5) is 11.4 Å². The highest BCUT2D eigenvalue weighted by Crippen LogP contribution is 2.33. The van der Waals surface area contributed by atoms with Crippen molar-refractivity contribution in [3.63, 3.8) is 0 Å². The molecule has 2 aromatic carbocycles. The highest BCUT2D eigenvalue weighted by Gasteiger charge is 2.40. The van der Waals surface area contributed by atoms with Gasteiger partial charge in [0.15, 0.2) is 0 Å². The van der Waals surface area contributed by atoms with Crippen LogP contribution < -0.4 is 15.0 Å². The SMILES string of the molecule is COc1ccccc1N1C(=O)C[C@H](Nc2ccccc2Cl)C1=O. The summed E-state index contributed by atoms with van der Waals surface area (Å²) < 4.78 is 5.24. The van der Waals surface area contributed by atoms with E-state index in [4.69, 9.17) is 16.3 Å². The Kier molecular flexibility index (Phi) is 4.21. The Balaban J connectivity index is 1.87. The molecule has 23 heavy (non-hydrogen) atoms. The lowest BCUT2D eigenvalue weighted by Crippen LogP contribution is -2.35. The van der Waals surface area contributed by atoms with E-state index >= 15 is 0 Å². The molecular formula is C17H15ClN2O3. The molecule has 6 heteroatoms. The number of rotatable bonds is 4. The van der Waals surface area contributed by atoms with Crippen molar-refractivity contribution in [2.75, 3.05) is 17.3 Å². The number of anilines is 2. The van der Waals surface area contributed by atoms with Crippen molar-refractivity contribution in [3.8, 4) is 5.75 Å². The van der Waals surface area contributed by atoms with Gasteiger partial charge in [-0.25, -0.2) is 4.90 Å². The van der Waals surface area contributed by atoms with Crippen molar-refractivity contribution in [3.05, 3.63) is 53.6 Å². The van der Waals surface area contributed by atoms with E-state index in [0.29, 0.717) is 22.1 Å². The van der Waals surface area contributed by atoms with Crippen molar-refractivity contribution in [1.82, 2.24) is 0 Å². The molecule has 0 bridgehead atoms. The first-order chi connectivity index (χ1) is 11.1. The Labute approximate surface area is 138 Å². The number of halogens is 1. The molecule has 2 amide bonds. The zero-order valence-electron chi connectivity index (χ0n) is 12.5. The van der Waals surface area contributed by atoms with E-state index in [0.717, 1.165) is 4.90 Å². The number of nitrogens with one attached hydrogen (secondary N) is 1. The van der Waals surface area contributed by atoms with Crippen molar-refractivity contribution in [2.24, 2.45) is 0 Å². The second kappa shape index (κ2) is 6.30. The summed E-state index contributed by atoms with van der Waals surface area (Å²) in [5, 5.41) is 3.54. The summed E-state index contributed by atoms with van der Waals surface area (Å²) in [5.41, 5.74) is 1.08. The fraction of sp³-hybridized carbons (Fsp3) is 0.176. The molecule has 0 radical (unpaired) electrons. The minimum absolute atomic E-state index is 0.0715. The molecule has 0 aromatic heterocycles. The van der Waals surface area contributed by atoms with Gasteiger partial charge in [-0.2, -0.15) is 0 Å². The number of ether oxygens (including phenoxy) is 1. The lowest BCUT2D eigenvalue weighted by atomic mass is 10.2. The number of benzene rings is 2. The van der Waals surface area contributed by atoms with Crippen LogP contribution in [0.3, 0.4) is 0 Å². The third kappa shape index (κ3) is 2.87. The zero-order chi connectivity index (χ0) is 16.4. The lowest BCUT2D eigenvalue weighted by Gasteiger charge is -2.18. The molecule has 0 spiro atoms. The summed E-state index contributed by atoms with van der Waals surface area (Å²) in [6.07, 6.45) is 0.0715. The minimum atomic E-state index is -0.646. The number of para-hydroxylation sites is 3. The van der Waals surface area contributed by atoms with Gasteiger partial charge in [-0.3, -0.25) is 9.59 Å². The normalized spacial score (nSPS) is 17.5. The van der Waals surface area contributed by atoms with Crippen molar-refractivity contribution >= 4 is 34.8 Å². The van der Waals surface area contributed by atoms with Gasteiger partial charge >= 0.3 is 0 Å². The molecule has 1 atom stereocenters. The fourth-order valence-corrected chi connectivity index (χ4v) is 2.77. The van der Waals surface area contributed by atoms with Gasteiger partial charge in [-0.05, 0) is 24.3 Å². The molecule has 1 heterocycles. The monoisotopic (exact) mass is 330 g/mol. The Morgan fingerprint density at radius 2 is 1.83 bits per heavy atom. The molecule has 3 rings (SSSR count). The Hall–Kier alpha value is -2.53. The van der Waals surface area contributed by atoms with Gasteiger partial charge in [0.05, 0.1) is 29.9 Å². The second-order valence-electron chi connectivity index (χ2n) is 5.12. The number of nitrogens with zero attached hydrogens (tertiary/aromatic N) is 1. The highest BCUT2D eigenvalue weighted by atomic mass is 35.5. The molecular weight excluding hydrogens is 316 g/mol. The topological polar surface area (TPSA) is 58.6 Å². The largest absolute Gasteiger partial charge is 0.495 e. The summed E-state index contributed by atoms with van der Waals surface area (Å²) in [6.45, 7) is 0. The molecule has 1 aliphatic heterocycles. The lowest BCUT2D eigenvalue weighted by molar-refractivity contribution is -0.121. The van der Waals surface area contributed by atoms with E-state index in [1.54, 1.807) is 42.5 Å². The number of amides is 2. The Morgan fingerprint density at radius 3 is 2.57 bits per heavy atom. The Morgan fingerprint density at radius 1 is 1.13 bits per heavy atom. The molecule has 0 saturated carbocycles. The highest BCUT2D eigenvalue weighted by molar-refractivity contribution is 6.33. The number of hydrogen-bond acceptors (Lipinski definition) is 4. The van der Waals surface area contributed by atoms with Crippen LogP contribution in [-0.4, -0.2) is 25.0 Å². The second-order valence-corrected chi connectivity index (χ2v) is 5.53. The van der Waals surface area contributed by atoms with Gasteiger partial charge in [0, 0.05) is 0 Å². The predicted molar refractivity (Wildman–Crippen MR) is 89.0 cm³/mol. The molecule has 5 nitrogen and oxygen atoms in total. The van der Waals surface area contributed by atoms with Gasteiger partial charge in [-0.15, -0.1) is 0 Å². The molecule has 1 saturated heterocycles. The number of imide groups is 1. The number of carbonyl (C=O) groups excluding carboxylic acids is 2. The van der Waals surface area contributed by atoms with Crippen LogP contribution in [0.15, 0.2) is 48.5 Å². The number of carbonyl (C=O) groups is 2. The van der Waals surface area contributed by atoms with E-state index < -0.39 is 6.04 Å². The average Bonchev–Trinajstić information content (AvgIpc) is 2.83. The van der Waals surface area contributed by atoms with E-state index in [-0.39, 0.29) is 18.2 Å². The van der Waals surface area contributed by atoms with E-state index in [1.807, 2.05) is 6.07 Å². The van der Waals surface area contributed by atoms with Crippen molar-refractivity contribution < 1.29 is 14.3 Å². The maximum Gasteiger partial charge on any atom is 0.256 e. The van der Waals surface area contributed by atoms with Crippen LogP contribution in [0.1, 0.15) is 6.42 Å². The zero-order valence-corrected chi connectivity index (χ0v) is 13.2. The molecule has 118 valence electrons. The summed E-state index contributed by atoms with van der Waals surface area (Å²) in [4.78, 5) is 26.1. The van der Waals surface area contributed by atoms with Gasteiger partial charge in [-0.1, -0.05) is 35.9 Å². The van der Waals surface area contributed by atoms with Crippen LogP contribution in [0.2, 0.25) is 5.02 Å². The van der Waals surface area contributed by atoms with E-state index in [2.05, 4.69) is 5.32 Å². The van der Waals surface area contributed by atoms with Gasteiger partial charge in [0.25, 0.3) is 5.91 Å². The van der Waals surface area contributed by atoms with Gasteiger partial charge in [0.2, 0.25) is 5.91 Å². The number of hydrogen-bond donors (Lipinski definition) is 1. The first-order valence-corrected chi connectivity index (χ1v) is 7.50. The minimum Gasteiger partial charge on any atom is -0.495 e. The fourth-order valence-electron chi connectivity index (χ4n) is 2.58. The molecule has 1 N–H and O–H groups in total. The summed E-state index contributed by atoms with van der Waals surface area (Å²) in [5.74, 6) is -0.115. The van der Waals surface area contributed by atoms with Crippen LogP contribution in [-0.2, 0) is 9.59 Å². The Bertz CT molecular complexity index is 763. The quantitative estimate of drug-likeness (QED) is 0.875. The van der Waals surface area contributed by atoms with Crippen LogP contribution in [0, 0.1) is 0 Å². The van der Waals surface area contributed by atoms with Gasteiger partial charge in [0.1, 0.15) is 11.8 Å². The predicted octanol–water partition coefficient (Wildman–Crippen LogP) is 3.09. The molecule has 0 aliphatic carbocycles. The van der Waals surface area contributed by atoms with Gasteiger partial charge < -0.3 is 10.1 Å². The molecule has 1 aliphatic rings. The van der Waals surface area contributed by atoms with E-state index in [1.165, 1.54) is 7.11 Å². The number of methoxy groups -OCH3 is 1. The molecule has 1 fully saturated rings. The summed E-state index contributed by atoms with van der Waals surface area (Å²) in [7, 11) is 1.50. The maximum absolute atomic E-state index is 12.6. The summed E-state index contributed by atoms with van der Waals surface area (Å²) >= 11 is 6.10. The molecule has 2 aromatic rings. The third-order valence-corrected chi connectivity index (χ3v) is 4.01. The standard InChI is InChI=1S/C17H15ClN2O3/c1-23-15-9-5-4-8-14(15)20-16(21)10-13(17(20)22)19-12-7-3-2-6-11(12)18/h2-9,13,19H,10H2,1H3/t13-/m0/s1. The van der Waals surface area contributed by atoms with Crippen LogP contribution in [0.5, 0.6) is 5.75 Å². The van der Waals surface area contributed by atoms with E-state index in [9.17, 15) is 9.59 Å². The first-order valence-electron chi connectivity index (χ1n) is 7.12. The van der Waals surface area contributed by atoms with Crippen molar-refractivity contribution in [1.29, 1.82) is 0 Å². The maximum atomic E-state index is 12.6. The smallest absolute Gasteiger partial charge is 0.256 e. The van der Waals surface area contributed by atoms with Crippen LogP contribution in [0.25, 0.3) is 0 Å². The first kappa shape index (κ1) is 15.4. The van der Waals surface area contributed by atoms with Crippen molar-refractivity contribution in [2.45, 2.75) is 12.5 Å². The average molecular weight is 331 g/mol.